The van der Waals surface area contributed by atoms with Gasteiger partial charge in [-0.3, -0.25) is 4.79 Å². The van der Waals surface area contributed by atoms with Crippen molar-refractivity contribution in [2.24, 2.45) is 23.7 Å². The number of hydrogen-bond acceptors (Lipinski definition) is 2. The van der Waals surface area contributed by atoms with E-state index in [0.717, 1.165) is 51.7 Å². The molecule has 2 aliphatic carbocycles. The number of carbonyl (C=O) groups excluding carboxylic acids is 1. The number of halogens is 2. The Morgan fingerprint density at radius 1 is 1.07 bits per heavy atom. The molecule has 3 aliphatic rings. The van der Waals surface area contributed by atoms with Crippen LogP contribution in [0.3, 0.4) is 0 Å². The van der Waals surface area contributed by atoms with Crippen molar-refractivity contribution in [1.82, 2.24) is 10.2 Å². The maximum Gasteiger partial charge on any atom is 0.239 e. The Morgan fingerprint density at radius 2 is 1.82 bits per heavy atom. The Labute approximate surface area is 180 Å². The van der Waals surface area contributed by atoms with Crippen molar-refractivity contribution in [3.8, 4) is 0 Å². The van der Waals surface area contributed by atoms with Crippen LogP contribution in [0.25, 0.3) is 0 Å². The Kier molecular flexibility index (Phi) is 8.32. The molecule has 1 aliphatic heterocycles. The average Bonchev–Trinajstić information content (AvgIpc) is 2.71. The van der Waals surface area contributed by atoms with E-state index in [1.165, 1.54) is 6.42 Å². The zero-order valence-electron chi connectivity index (χ0n) is 17.3. The minimum Gasteiger partial charge on any atom is -0.341 e. The van der Waals surface area contributed by atoms with Crippen LogP contribution < -0.4 is 5.32 Å². The summed E-state index contributed by atoms with van der Waals surface area (Å²) >= 11 is 12.7. The van der Waals surface area contributed by atoms with Gasteiger partial charge in [0.05, 0.1) is 11.4 Å². The summed E-state index contributed by atoms with van der Waals surface area (Å²) in [6.45, 7) is 6.92. The second-order valence-electron chi connectivity index (χ2n) is 9.21. The minimum absolute atomic E-state index is 0.0882. The first-order chi connectivity index (χ1) is 13.5. The first-order valence-corrected chi connectivity index (χ1v) is 12.0. The molecular weight excluding hydrogens is 391 g/mol. The van der Waals surface area contributed by atoms with E-state index in [0.29, 0.717) is 23.7 Å². The van der Waals surface area contributed by atoms with Crippen molar-refractivity contribution in [3.05, 3.63) is 24.3 Å². The van der Waals surface area contributed by atoms with Crippen LogP contribution in [0.5, 0.6) is 0 Å². The average molecular weight is 427 g/mol. The molecule has 3 nitrogen and oxygen atoms in total. The van der Waals surface area contributed by atoms with E-state index in [4.69, 9.17) is 23.2 Å². The van der Waals surface area contributed by atoms with Crippen LogP contribution in [0.15, 0.2) is 24.3 Å². The number of nitrogens with zero attached hydrogens (tertiary/aromatic N) is 1. The highest BCUT2D eigenvalue weighted by Crippen LogP contribution is 2.39. The van der Waals surface area contributed by atoms with E-state index in [1.54, 1.807) is 0 Å². The molecular formula is C23H36Cl2N2O. The number of likely N-dealkylation sites (tertiary alicyclic amines) is 1. The first-order valence-electron chi connectivity index (χ1n) is 11.1. The van der Waals surface area contributed by atoms with Crippen molar-refractivity contribution in [2.75, 3.05) is 19.6 Å². The third kappa shape index (κ3) is 5.77. The van der Waals surface area contributed by atoms with Gasteiger partial charge in [0.25, 0.3) is 0 Å². The van der Waals surface area contributed by atoms with E-state index in [-0.39, 0.29) is 22.7 Å². The number of alkyl halides is 2. The zero-order valence-corrected chi connectivity index (χ0v) is 18.8. The summed E-state index contributed by atoms with van der Waals surface area (Å²) in [4.78, 5) is 15.3. The molecule has 1 N–H and O–H groups in total. The van der Waals surface area contributed by atoms with Gasteiger partial charge in [-0.2, -0.15) is 0 Å². The highest BCUT2D eigenvalue weighted by Gasteiger charge is 2.36. The van der Waals surface area contributed by atoms with Gasteiger partial charge in [0, 0.05) is 25.0 Å². The molecule has 5 atom stereocenters. The molecule has 0 bridgehead atoms. The topological polar surface area (TPSA) is 32.3 Å². The fourth-order valence-electron chi connectivity index (χ4n) is 4.99. The fourth-order valence-corrected chi connectivity index (χ4v) is 5.58. The molecule has 28 heavy (non-hydrogen) atoms. The molecule has 0 spiro atoms. The normalized spacial score (nSPS) is 32.7. The van der Waals surface area contributed by atoms with Crippen LogP contribution >= 0.6 is 23.2 Å². The molecule has 0 aromatic carbocycles. The highest BCUT2D eigenvalue weighted by molar-refractivity contribution is 6.30. The summed E-state index contributed by atoms with van der Waals surface area (Å²) in [6.07, 6.45) is 15.2. The maximum absolute atomic E-state index is 13.2. The SMILES string of the molecule is CC(C)[C@@H](NCC1C=CC=CC1)C(=O)N1CCC(C2CCC(Cl)C(Cl)C2)CC1. The molecule has 0 aromatic heterocycles. The molecule has 2 fully saturated rings. The van der Waals surface area contributed by atoms with Gasteiger partial charge in [-0.1, -0.05) is 38.2 Å². The summed E-state index contributed by atoms with van der Waals surface area (Å²) < 4.78 is 0. The van der Waals surface area contributed by atoms with Crippen molar-refractivity contribution < 1.29 is 4.79 Å². The summed E-state index contributed by atoms with van der Waals surface area (Å²) in [5, 5.41) is 3.80. The summed E-state index contributed by atoms with van der Waals surface area (Å²) in [5.41, 5.74) is 0. The maximum atomic E-state index is 13.2. The van der Waals surface area contributed by atoms with Gasteiger partial charge in [-0.05, 0) is 62.2 Å². The first kappa shape index (κ1) is 22.2. The van der Waals surface area contributed by atoms with E-state index in [2.05, 4.69) is 48.4 Å². The molecule has 0 radical (unpaired) electrons. The van der Waals surface area contributed by atoms with E-state index >= 15 is 0 Å². The van der Waals surface area contributed by atoms with E-state index in [1.807, 2.05) is 0 Å². The quantitative estimate of drug-likeness (QED) is 0.606. The van der Waals surface area contributed by atoms with Crippen LogP contribution in [-0.2, 0) is 4.79 Å². The van der Waals surface area contributed by atoms with Crippen LogP contribution in [0.4, 0.5) is 0 Å². The van der Waals surface area contributed by atoms with Crippen molar-refractivity contribution in [1.29, 1.82) is 0 Å². The lowest BCUT2D eigenvalue weighted by molar-refractivity contribution is -0.136. The van der Waals surface area contributed by atoms with Gasteiger partial charge < -0.3 is 10.2 Å². The predicted octanol–water partition coefficient (Wildman–Crippen LogP) is 4.99. The lowest BCUT2D eigenvalue weighted by Crippen LogP contribution is -2.52. The Morgan fingerprint density at radius 3 is 2.43 bits per heavy atom. The van der Waals surface area contributed by atoms with Crippen LogP contribution in [0.2, 0.25) is 0 Å². The second-order valence-corrected chi connectivity index (χ2v) is 10.3. The van der Waals surface area contributed by atoms with Gasteiger partial charge in [0.1, 0.15) is 0 Å². The number of piperidine rings is 1. The van der Waals surface area contributed by atoms with Gasteiger partial charge in [-0.15, -0.1) is 23.2 Å². The third-order valence-electron chi connectivity index (χ3n) is 6.85. The molecule has 1 amide bonds. The Bertz CT molecular complexity index is 569. The van der Waals surface area contributed by atoms with Crippen molar-refractivity contribution >= 4 is 29.1 Å². The van der Waals surface area contributed by atoms with Crippen molar-refractivity contribution in [3.63, 3.8) is 0 Å². The standard InChI is InChI=1S/C23H36Cl2N2O/c1-16(2)22(26-15-17-6-4-3-5-7-17)23(28)27-12-10-18(11-13-27)19-8-9-20(24)21(25)14-19/h3-6,16-22,26H,7-15H2,1-2H3/t17?,19?,20?,21?,22-/m1/s1. The molecule has 4 unspecified atom stereocenters. The monoisotopic (exact) mass is 426 g/mol. The molecule has 1 saturated carbocycles. The van der Waals surface area contributed by atoms with Crippen LogP contribution in [0.1, 0.15) is 52.4 Å². The number of amides is 1. The van der Waals surface area contributed by atoms with E-state index < -0.39 is 0 Å². The lowest BCUT2D eigenvalue weighted by atomic mass is 9.75. The lowest BCUT2D eigenvalue weighted by Gasteiger charge is -2.41. The fraction of sp³-hybridized carbons (Fsp3) is 0.783. The van der Waals surface area contributed by atoms with Gasteiger partial charge in [-0.25, -0.2) is 0 Å². The Balaban J connectivity index is 1.48. The molecule has 1 saturated heterocycles. The number of nitrogens with one attached hydrogen (secondary N) is 1. The van der Waals surface area contributed by atoms with Gasteiger partial charge in [0.15, 0.2) is 0 Å². The number of hydrogen-bond donors (Lipinski definition) is 1. The minimum atomic E-state index is -0.0882. The second kappa shape index (κ2) is 10.5. The van der Waals surface area contributed by atoms with Crippen LogP contribution in [0, 0.1) is 23.7 Å². The van der Waals surface area contributed by atoms with Gasteiger partial charge in [0.2, 0.25) is 5.91 Å². The van der Waals surface area contributed by atoms with Crippen molar-refractivity contribution in [2.45, 2.75) is 69.2 Å². The summed E-state index contributed by atoms with van der Waals surface area (Å²) in [6, 6.07) is -0.0882. The summed E-state index contributed by atoms with van der Waals surface area (Å²) in [5.74, 6) is 2.44. The molecule has 158 valence electrons. The number of carbonyl (C=O) groups is 1. The smallest absolute Gasteiger partial charge is 0.239 e. The largest absolute Gasteiger partial charge is 0.341 e. The molecule has 3 rings (SSSR count). The highest BCUT2D eigenvalue weighted by atomic mass is 35.5. The predicted molar refractivity (Wildman–Crippen MR) is 119 cm³/mol. The number of allylic oxidation sites excluding steroid dienone is 3. The zero-order chi connectivity index (χ0) is 20.1. The molecule has 1 heterocycles. The molecule has 0 aromatic rings. The number of rotatable bonds is 6. The van der Waals surface area contributed by atoms with E-state index in [9.17, 15) is 4.79 Å². The van der Waals surface area contributed by atoms with Gasteiger partial charge >= 0.3 is 0 Å². The summed E-state index contributed by atoms with van der Waals surface area (Å²) in [7, 11) is 0. The molecule has 5 heteroatoms. The van der Waals surface area contributed by atoms with Crippen LogP contribution in [-0.4, -0.2) is 47.2 Å². The third-order valence-corrected chi connectivity index (χ3v) is 7.99. The Hall–Kier alpha value is -0.510.